The van der Waals surface area contributed by atoms with E-state index in [-0.39, 0.29) is 11.7 Å². The van der Waals surface area contributed by atoms with Gasteiger partial charge in [0.1, 0.15) is 11.5 Å². The number of pyridine rings is 1. The zero-order chi connectivity index (χ0) is 21.3. The summed E-state index contributed by atoms with van der Waals surface area (Å²) in [4.78, 5) is 20.1. The van der Waals surface area contributed by atoms with Crippen molar-refractivity contribution in [3.8, 4) is 11.3 Å². The Hall–Kier alpha value is -3.36. The van der Waals surface area contributed by atoms with Crippen LogP contribution in [0.25, 0.3) is 11.3 Å². The molecular weight excluding hydrogens is 397 g/mol. The van der Waals surface area contributed by atoms with Crippen LogP contribution < -0.4 is 4.90 Å². The molecule has 1 amide bonds. The van der Waals surface area contributed by atoms with Crippen molar-refractivity contribution in [3.05, 3.63) is 65.5 Å². The molecule has 0 spiro atoms. The highest BCUT2D eigenvalue weighted by molar-refractivity contribution is 5.92. The molecule has 1 aliphatic heterocycles. The first-order chi connectivity index (χ1) is 14.3. The number of carbonyl (C=O) groups is 1. The third-order valence-electron chi connectivity index (χ3n) is 5.03. The molecule has 0 unspecified atom stereocenters. The highest BCUT2D eigenvalue weighted by Crippen LogP contribution is 2.29. The number of hydrogen-bond acceptors (Lipinski definition) is 5. The molecule has 3 heterocycles. The first kappa shape index (κ1) is 19.9. The van der Waals surface area contributed by atoms with Gasteiger partial charge in [0.05, 0.1) is 5.56 Å². The lowest BCUT2D eigenvalue weighted by Gasteiger charge is -2.34. The van der Waals surface area contributed by atoms with E-state index in [0.717, 1.165) is 23.4 Å². The molecule has 156 valence electrons. The summed E-state index contributed by atoms with van der Waals surface area (Å²) >= 11 is 0. The molecule has 1 fully saturated rings. The summed E-state index contributed by atoms with van der Waals surface area (Å²) < 4.78 is 43.3. The number of rotatable bonds is 3. The number of alkyl halides is 3. The van der Waals surface area contributed by atoms with Gasteiger partial charge in [-0.05, 0) is 19.1 Å². The molecule has 4 rings (SSSR count). The van der Waals surface area contributed by atoms with E-state index in [1.165, 1.54) is 6.07 Å². The molecule has 1 aromatic carbocycles. The number of anilines is 1. The quantitative estimate of drug-likeness (QED) is 0.645. The highest BCUT2D eigenvalue weighted by atomic mass is 19.4. The predicted octanol–water partition coefficient (Wildman–Crippen LogP) is 4.03. The average Bonchev–Trinajstić information content (AvgIpc) is 3.24. The van der Waals surface area contributed by atoms with Gasteiger partial charge in [-0.2, -0.15) is 13.2 Å². The van der Waals surface area contributed by atoms with Gasteiger partial charge in [-0.25, -0.2) is 4.98 Å². The van der Waals surface area contributed by atoms with Crippen molar-refractivity contribution < 1.29 is 22.5 Å². The van der Waals surface area contributed by atoms with E-state index in [1.54, 1.807) is 11.0 Å². The minimum absolute atomic E-state index is 0.159. The third-order valence-corrected chi connectivity index (χ3v) is 5.03. The Morgan fingerprint density at radius 1 is 1.03 bits per heavy atom. The van der Waals surface area contributed by atoms with Crippen LogP contribution in [-0.4, -0.2) is 47.1 Å². The number of piperazine rings is 1. The molecule has 0 aliphatic carbocycles. The van der Waals surface area contributed by atoms with Gasteiger partial charge in [0.2, 0.25) is 5.76 Å². The van der Waals surface area contributed by atoms with Crippen molar-refractivity contribution in [1.29, 1.82) is 0 Å². The smallest absolute Gasteiger partial charge is 0.353 e. The number of benzene rings is 1. The summed E-state index contributed by atoms with van der Waals surface area (Å²) in [7, 11) is 0. The summed E-state index contributed by atoms with van der Waals surface area (Å²) in [6, 6.07) is 11.7. The van der Waals surface area contributed by atoms with Gasteiger partial charge in [-0.3, -0.25) is 4.79 Å². The largest absolute Gasteiger partial charge is 0.417 e. The fourth-order valence-electron chi connectivity index (χ4n) is 3.27. The van der Waals surface area contributed by atoms with Crippen LogP contribution in [0.1, 0.15) is 21.7 Å². The van der Waals surface area contributed by atoms with E-state index in [9.17, 15) is 18.0 Å². The van der Waals surface area contributed by atoms with Gasteiger partial charge in [0.25, 0.3) is 5.91 Å². The van der Waals surface area contributed by atoms with E-state index in [2.05, 4.69) is 10.1 Å². The SMILES string of the molecule is Cc1ccc(-c2cc(C(=O)N3CCN(c4ccc(C(F)(F)F)cn4)CC3)on2)cc1. The predicted molar refractivity (Wildman–Crippen MR) is 104 cm³/mol. The number of aryl methyl sites for hydroxylation is 1. The molecule has 0 radical (unpaired) electrons. The Morgan fingerprint density at radius 3 is 2.33 bits per heavy atom. The number of hydrogen-bond donors (Lipinski definition) is 0. The van der Waals surface area contributed by atoms with Crippen molar-refractivity contribution >= 4 is 11.7 Å². The second-order valence-corrected chi connectivity index (χ2v) is 7.12. The maximum atomic E-state index is 12.7. The fraction of sp³-hybridized carbons (Fsp3) is 0.286. The fourth-order valence-corrected chi connectivity index (χ4v) is 3.27. The maximum Gasteiger partial charge on any atom is 0.417 e. The molecule has 1 saturated heterocycles. The van der Waals surface area contributed by atoms with Crippen LogP contribution in [0.15, 0.2) is 53.2 Å². The molecule has 0 N–H and O–H groups in total. The Bertz CT molecular complexity index is 1020. The minimum Gasteiger partial charge on any atom is -0.353 e. The lowest BCUT2D eigenvalue weighted by Crippen LogP contribution is -2.49. The monoisotopic (exact) mass is 416 g/mol. The van der Waals surface area contributed by atoms with E-state index in [0.29, 0.717) is 37.7 Å². The number of halogens is 3. The van der Waals surface area contributed by atoms with Crippen LogP contribution in [0, 0.1) is 6.92 Å². The topological polar surface area (TPSA) is 62.5 Å². The molecule has 0 atom stereocenters. The van der Waals surface area contributed by atoms with Crippen LogP contribution in [0.2, 0.25) is 0 Å². The average molecular weight is 416 g/mol. The normalized spacial score (nSPS) is 14.8. The van der Waals surface area contributed by atoms with Crippen LogP contribution in [-0.2, 0) is 6.18 Å². The Morgan fingerprint density at radius 2 is 1.73 bits per heavy atom. The van der Waals surface area contributed by atoms with Crippen molar-refractivity contribution in [1.82, 2.24) is 15.0 Å². The molecule has 2 aromatic heterocycles. The summed E-state index contributed by atoms with van der Waals surface area (Å²) in [6.45, 7) is 3.72. The minimum atomic E-state index is -4.41. The second kappa shape index (κ2) is 7.81. The summed E-state index contributed by atoms with van der Waals surface area (Å²) in [5.74, 6) is 0.351. The van der Waals surface area contributed by atoms with E-state index in [4.69, 9.17) is 4.52 Å². The summed E-state index contributed by atoms with van der Waals surface area (Å²) in [5, 5.41) is 3.99. The van der Waals surface area contributed by atoms with Crippen LogP contribution in [0.3, 0.4) is 0 Å². The zero-order valence-corrected chi connectivity index (χ0v) is 16.2. The van der Waals surface area contributed by atoms with E-state index in [1.807, 2.05) is 36.1 Å². The maximum absolute atomic E-state index is 12.7. The lowest BCUT2D eigenvalue weighted by atomic mass is 10.1. The van der Waals surface area contributed by atoms with Gasteiger partial charge >= 0.3 is 6.18 Å². The first-order valence-corrected chi connectivity index (χ1v) is 9.42. The van der Waals surface area contributed by atoms with Crippen LogP contribution in [0.4, 0.5) is 19.0 Å². The number of nitrogens with zero attached hydrogens (tertiary/aromatic N) is 4. The van der Waals surface area contributed by atoms with Gasteiger partial charge in [-0.1, -0.05) is 35.0 Å². The van der Waals surface area contributed by atoms with E-state index < -0.39 is 11.7 Å². The number of amides is 1. The molecule has 6 nitrogen and oxygen atoms in total. The van der Waals surface area contributed by atoms with Crippen molar-refractivity contribution in [2.75, 3.05) is 31.1 Å². The molecule has 9 heteroatoms. The highest BCUT2D eigenvalue weighted by Gasteiger charge is 2.31. The van der Waals surface area contributed by atoms with Gasteiger partial charge in [-0.15, -0.1) is 0 Å². The summed E-state index contributed by atoms with van der Waals surface area (Å²) in [6.07, 6.45) is -3.58. The van der Waals surface area contributed by atoms with Gasteiger partial charge in [0, 0.05) is 44.0 Å². The molecular formula is C21H19F3N4O2. The van der Waals surface area contributed by atoms with Crippen LogP contribution >= 0.6 is 0 Å². The van der Waals surface area contributed by atoms with Gasteiger partial charge in [0.15, 0.2) is 0 Å². The number of carbonyl (C=O) groups excluding carboxylic acids is 1. The number of aromatic nitrogens is 2. The Kier molecular flexibility index (Phi) is 5.19. The van der Waals surface area contributed by atoms with Crippen LogP contribution in [0.5, 0.6) is 0 Å². The van der Waals surface area contributed by atoms with Gasteiger partial charge < -0.3 is 14.3 Å². The second-order valence-electron chi connectivity index (χ2n) is 7.12. The molecule has 3 aromatic rings. The standard InChI is InChI=1S/C21H19F3N4O2/c1-14-2-4-15(5-3-14)17-12-18(30-26-17)20(29)28-10-8-27(9-11-28)19-7-6-16(13-25-19)21(22,23)24/h2-7,12-13H,8-11H2,1H3. The van der Waals surface area contributed by atoms with Crippen molar-refractivity contribution in [3.63, 3.8) is 0 Å². The Balaban J connectivity index is 1.38. The third kappa shape index (κ3) is 4.14. The molecule has 0 saturated carbocycles. The molecule has 1 aliphatic rings. The molecule has 0 bridgehead atoms. The molecule has 30 heavy (non-hydrogen) atoms. The zero-order valence-electron chi connectivity index (χ0n) is 16.2. The Labute approximate surface area is 170 Å². The van der Waals surface area contributed by atoms with E-state index >= 15 is 0 Å². The summed E-state index contributed by atoms with van der Waals surface area (Å²) in [5.41, 5.74) is 1.79. The first-order valence-electron chi connectivity index (χ1n) is 9.42. The lowest BCUT2D eigenvalue weighted by molar-refractivity contribution is -0.137. The van der Waals surface area contributed by atoms with Crippen molar-refractivity contribution in [2.45, 2.75) is 13.1 Å². The van der Waals surface area contributed by atoms with Crippen molar-refractivity contribution in [2.24, 2.45) is 0 Å².